The molecule has 0 spiro atoms. The third kappa shape index (κ3) is 31.6. The van der Waals surface area contributed by atoms with Crippen LogP contribution in [0.15, 0.2) is 36.5 Å². The van der Waals surface area contributed by atoms with Gasteiger partial charge in [0, 0.05) is 25.7 Å². The van der Waals surface area contributed by atoms with Gasteiger partial charge in [0.05, 0.1) is 13.2 Å². The van der Waals surface area contributed by atoms with Crippen LogP contribution in [0.3, 0.4) is 0 Å². The van der Waals surface area contributed by atoms with Gasteiger partial charge in [0.1, 0.15) is 0 Å². The van der Waals surface area contributed by atoms with Crippen molar-refractivity contribution >= 4 is 6.09 Å². The molecule has 0 aromatic heterocycles. The van der Waals surface area contributed by atoms with E-state index in [1.165, 1.54) is 161 Å². The molecule has 5 heteroatoms. The van der Waals surface area contributed by atoms with Crippen molar-refractivity contribution in [2.75, 3.05) is 46.5 Å². The van der Waals surface area contributed by atoms with Crippen LogP contribution in [0.25, 0.3) is 0 Å². The van der Waals surface area contributed by atoms with Gasteiger partial charge in [0.2, 0.25) is 0 Å². The molecule has 1 rings (SSSR count). The number of hydrogen-bond donors (Lipinski definition) is 0. The molecule has 1 fully saturated rings. The number of allylic oxidation sites excluding steroid dienone is 6. The Hall–Kier alpha value is -1.59. The second kappa shape index (κ2) is 38.1. The highest BCUT2D eigenvalue weighted by molar-refractivity contribution is 5.67. The van der Waals surface area contributed by atoms with E-state index in [9.17, 15) is 4.79 Å². The normalized spacial score (nSPS) is 15.3. The predicted octanol–water partition coefficient (Wildman–Crippen LogP) is 13.8. The van der Waals surface area contributed by atoms with E-state index in [1.807, 2.05) is 4.90 Å². The zero-order valence-electron chi connectivity index (χ0n) is 34.4. The summed E-state index contributed by atoms with van der Waals surface area (Å²) < 4.78 is 11.8. The molecular formula is C46H86N2O3. The molecule has 1 amide bonds. The number of rotatable bonds is 37. The van der Waals surface area contributed by atoms with Crippen molar-refractivity contribution in [3.63, 3.8) is 0 Å². The van der Waals surface area contributed by atoms with Crippen LogP contribution in [-0.4, -0.2) is 68.4 Å². The molecule has 5 nitrogen and oxygen atoms in total. The van der Waals surface area contributed by atoms with Gasteiger partial charge in [0.25, 0.3) is 0 Å². The number of ether oxygens (including phenoxy) is 2. The molecule has 1 aliphatic rings. The fraction of sp³-hybridized carbons (Fsp3) is 0.848. The van der Waals surface area contributed by atoms with Crippen molar-refractivity contribution in [3.8, 4) is 0 Å². The van der Waals surface area contributed by atoms with Crippen LogP contribution in [-0.2, 0) is 9.47 Å². The summed E-state index contributed by atoms with van der Waals surface area (Å²) in [7, 11) is 2.19. The Morgan fingerprint density at radius 2 is 1.08 bits per heavy atom. The third-order valence-electron chi connectivity index (χ3n) is 10.5. The second-order valence-corrected chi connectivity index (χ2v) is 15.3. The number of carbonyl (C=O) groups excluding carboxylic acids is 1. The third-order valence-corrected chi connectivity index (χ3v) is 10.5. The van der Waals surface area contributed by atoms with Crippen molar-refractivity contribution < 1.29 is 14.3 Å². The summed E-state index contributed by atoms with van der Waals surface area (Å²) in [6.07, 6.45) is 50.6. The molecule has 0 radical (unpaired) electrons. The van der Waals surface area contributed by atoms with Gasteiger partial charge in [-0.05, 0) is 103 Å². The van der Waals surface area contributed by atoms with Crippen LogP contribution < -0.4 is 0 Å². The minimum absolute atomic E-state index is 0.154. The molecule has 51 heavy (non-hydrogen) atoms. The number of likely N-dealkylation sites (tertiary alicyclic amines) is 1. The van der Waals surface area contributed by atoms with Gasteiger partial charge in [0.15, 0.2) is 0 Å². The molecule has 0 aliphatic carbocycles. The fourth-order valence-corrected chi connectivity index (χ4v) is 7.03. The molecule has 1 atom stereocenters. The maximum Gasteiger partial charge on any atom is 0.409 e. The molecule has 0 aromatic carbocycles. The highest BCUT2D eigenvalue weighted by Crippen LogP contribution is 2.18. The lowest BCUT2D eigenvalue weighted by Gasteiger charge is -2.24. The quantitative estimate of drug-likeness (QED) is 0.0474. The molecule has 0 bridgehead atoms. The standard InChI is InChI=1S/C46H86N2O3/c1-4-6-8-10-12-14-16-18-20-22-24-26-28-30-32-34-40-48(46(49)51-43-38-45-37-36-39-47(45)3)41-44-50-42-35-33-31-29-27-25-23-21-19-17-15-13-11-9-7-5-2/h12,14,18-21,45H,4-11,13,15-17,22-44H2,1-3H3. The smallest absolute Gasteiger partial charge is 0.409 e. The zero-order chi connectivity index (χ0) is 36.7. The van der Waals surface area contributed by atoms with Crippen molar-refractivity contribution in [1.29, 1.82) is 0 Å². The highest BCUT2D eigenvalue weighted by Gasteiger charge is 2.22. The summed E-state index contributed by atoms with van der Waals surface area (Å²) in [6.45, 7) is 9.03. The highest BCUT2D eigenvalue weighted by atomic mass is 16.6. The van der Waals surface area contributed by atoms with Gasteiger partial charge in [-0.2, -0.15) is 0 Å². The van der Waals surface area contributed by atoms with Crippen LogP contribution in [0.5, 0.6) is 0 Å². The van der Waals surface area contributed by atoms with E-state index < -0.39 is 0 Å². The zero-order valence-corrected chi connectivity index (χ0v) is 34.4. The molecule has 1 unspecified atom stereocenters. The van der Waals surface area contributed by atoms with Gasteiger partial charge in [-0.15, -0.1) is 0 Å². The lowest BCUT2D eigenvalue weighted by Crippen LogP contribution is -2.36. The Kier molecular flexibility index (Phi) is 35.5. The van der Waals surface area contributed by atoms with Crippen molar-refractivity contribution in [1.82, 2.24) is 9.80 Å². The van der Waals surface area contributed by atoms with Crippen LogP contribution >= 0.6 is 0 Å². The van der Waals surface area contributed by atoms with Crippen LogP contribution in [0.4, 0.5) is 4.79 Å². The van der Waals surface area contributed by atoms with Crippen LogP contribution in [0.1, 0.15) is 200 Å². The van der Waals surface area contributed by atoms with E-state index in [2.05, 4.69) is 62.3 Å². The van der Waals surface area contributed by atoms with Crippen molar-refractivity contribution in [2.45, 2.75) is 206 Å². The molecular weight excluding hydrogens is 629 g/mol. The molecule has 1 saturated heterocycles. The average Bonchev–Trinajstić information content (AvgIpc) is 3.55. The van der Waals surface area contributed by atoms with E-state index in [1.54, 1.807) is 0 Å². The van der Waals surface area contributed by atoms with E-state index in [-0.39, 0.29) is 6.09 Å². The van der Waals surface area contributed by atoms with E-state index in [0.717, 1.165) is 45.4 Å². The van der Waals surface area contributed by atoms with Gasteiger partial charge in [-0.1, -0.05) is 147 Å². The van der Waals surface area contributed by atoms with E-state index >= 15 is 0 Å². The van der Waals surface area contributed by atoms with Crippen LogP contribution in [0.2, 0.25) is 0 Å². The number of carbonyl (C=O) groups is 1. The lowest BCUT2D eigenvalue weighted by molar-refractivity contribution is 0.0693. The molecule has 0 N–H and O–H groups in total. The summed E-state index contributed by atoms with van der Waals surface area (Å²) in [5.41, 5.74) is 0. The van der Waals surface area contributed by atoms with Gasteiger partial charge < -0.3 is 19.3 Å². The minimum Gasteiger partial charge on any atom is -0.449 e. The molecule has 1 heterocycles. The summed E-state index contributed by atoms with van der Waals surface area (Å²) in [5, 5.41) is 0. The van der Waals surface area contributed by atoms with Gasteiger partial charge in [-0.25, -0.2) is 4.79 Å². The van der Waals surface area contributed by atoms with E-state index in [0.29, 0.717) is 25.8 Å². The molecule has 1 aliphatic heterocycles. The SMILES string of the molecule is CCCCCC=CCC=CCCCCCCCCN(CCOCCCCCCCCC=CCCCCCCCC)C(=O)OCCC1CCCN1C. The Morgan fingerprint density at radius 3 is 1.65 bits per heavy atom. The number of amides is 1. The number of unbranched alkanes of at least 4 members (excludes halogenated alkanes) is 21. The lowest BCUT2D eigenvalue weighted by atomic mass is 10.1. The predicted molar refractivity (Wildman–Crippen MR) is 223 cm³/mol. The van der Waals surface area contributed by atoms with Crippen molar-refractivity contribution in [2.24, 2.45) is 0 Å². The Morgan fingerprint density at radius 1 is 0.588 bits per heavy atom. The maximum absolute atomic E-state index is 13.0. The topological polar surface area (TPSA) is 42.0 Å². The Bertz CT molecular complexity index is 825. The largest absolute Gasteiger partial charge is 0.449 e. The van der Waals surface area contributed by atoms with Gasteiger partial charge in [-0.3, -0.25) is 0 Å². The second-order valence-electron chi connectivity index (χ2n) is 15.3. The number of nitrogens with zero attached hydrogens (tertiary/aromatic N) is 2. The fourth-order valence-electron chi connectivity index (χ4n) is 7.03. The van der Waals surface area contributed by atoms with Crippen LogP contribution in [0, 0.1) is 0 Å². The van der Waals surface area contributed by atoms with Gasteiger partial charge >= 0.3 is 6.09 Å². The Labute approximate surface area is 318 Å². The first-order valence-electron chi connectivity index (χ1n) is 22.3. The molecule has 0 aromatic rings. The summed E-state index contributed by atoms with van der Waals surface area (Å²) >= 11 is 0. The maximum atomic E-state index is 13.0. The summed E-state index contributed by atoms with van der Waals surface area (Å²) in [5.74, 6) is 0. The first-order chi connectivity index (χ1) is 25.2. The summed E-state index contributed by atoms with van der Waals surface area (Å²) in [6, 6.07) is 0.554. The minimum atomic E-state index is -0.154. The molecule has 298 valence electrons. The summed E-state index contributed by atoms with van der Waals surface area (Å²) in [4.78, 5) is 17.3. The van der Waals surface area contributed by atoms with E-state index in [4.69, 9.17) is 9.47 Å². The first-order valence-corrected chi connectivity index (χ1v) is 22.3. The average molecular weight is 715 g/mol. The Balaban J connectivity index is 2.12. The van der Waals surface area contributed by atoms with Crippen molar-refractivity contribution in [3.05, 3.63) is 36.5 Å². The number of hydrogen-bond acceptors (Lipinski definition) is 4. The molecule has 0 saturated carbocycles. The monoisotopic (exact) mass is 715 g/mol. The first kappa shape index (κ1) is 47.4.